The summed E-state index contributed by atoms with van der Waals surface area (Å²) in [5.41, 5.74) is 2.30. The van der Waals surface area contributed by atoms with Crippen molar-refractivity contribution in [2.75, 3.05) is 11.9 Å². The second kappa shape index (κ2) is 8.98. The number of amides is 1. The molecule has 0 aliphatic heterocycles. The van der Waals surface area contributed by atoms with Crippen LogP contribution in [0.15, 0.2) is 63.1 Å². The zero-order valence-electron chi connectivity index (χ0n) is 17.2. The summed E-state index contributed by atoms with van der Waals surface area (Å²) in [4.78, 5) is 38.1. The zero-order valence-corrected chi connectivity index (χ0v) is 18.8. The van der Waals surface area contributed by atoms with Gasteiger partial charge in [0.05, 0.1) is 12.0 Å². The molecule has 0 unspecified atom stereocenters. The second-order valence-electron chi connectivity index (χ2n) is 6.97. The van der Waals surface area contributed by atoms with Crippen LogP contribution in [0.5, 0.6) is 0 Å². The van der Waals surface area contributed by atoms with Crippen LogP contribution in [0, 0.1) is 6.92 Å². The molecule has 0 atom stereocenters. The normalized spacial score (nSPS) is 10.8. The molecule has 4 rings (SSSR count). The van der Waals surface area contributed by atoms with Gasteiger partial charge in [-0.2, -0.15) is 0 Å². The number of fused-ring (bicyclic) bond motifs is 1. The van der Waals surface area contributed by atoms with E-state index in [0.29, 0.717) is 15.6 Å². The van der Waals surface area contributed by atoms with Crippen molar-refractivity contribution in [2.24, 2.45) is 0 Å². The fraction of sp³-hybridized carbons (Fsp3) is 0.125. The fourth-order valence-corrected chi connectivity index (χ4v) is 4.36. The first-order valence-electron chi connectivity index (χ1n) is 9.78. The molecule has 0 bridgehead atoms. The topological polar surface area (TPSA) is 85.6 Å². The summed E-state index contributed by atoms with van der Waals surface area (Å²) in [6.45, 7) is 3.68. The Balaban J connectivity index is 1.73. The van der Waals surface area contributed by atoms with Gasteiger partial charge in [-0.15, -0.1) is 11.3 Å². The minimum Gasteiger partial charge on any atom is -0.462 e. The quantitative estimate of drug-likeness (QED) is 0.368. The van der Waals surface area contributed by atoms with E-state index in [0.717, 1.165) is 17.2 Å². The van der Waals surface area contributed by atoms with Crippen LogP contribution in [0.3, 0.4) is 0 Å². The number of hydrogen-bond acceptors (Lipinski definition) is 6. The number of anilines is 1. The summed E-state index contributed by atoms with van der Waals surface area (Å²) in [6.07, 6.45) is 0. The maximum Gasteiger partial charge on any atom is 0.341 e. The number of ether oxygens (including phenoxy) is 1. The average molecular weight is 468 g/mol. The van der Waals surface area contributed by atoms with Gasteiger partial charge in [-0.3, -0.25) is 9.59 Å². The standard InChI is InChI=1S/C24H18ClNO5S/c1-3-30-24(29)21-16(14-7-5-4-6-8-14)12-32-23(21)26-22(28)20-11-18(27)15-10-17(25)13(2)9-19(15)31-20/h4-12H,3H2,1-2H3,(H,26,28). The highest BCUT2D eigenvalue weighted by Crippen LogP contribution is 2.36. The molecule has 0 aliphatic carbocycles. The van der Waals surface area contributed by atoms with Crippen LogP contribution in [0.25, 0.3) is 22.1 Å². The first kappa shape index (κ1) is 21.8. The molecule has 32 heavy (non-hydrogen) atoms. The van der Waals surface area contributed by atoms with E-state index in [-0.39, 0.29) is 34.3 Å². The molecule has 4 aromatic rings. The third-order valence-electron chi connectivity index (χ3n) is 4.81. The molecule has 6 nitrogen and oxygen atoms in total. The summed E-state index contributed by atoms with van der Waals surface area (Å²) >= 11 is 7.28. The van der Waals surface area contributed by atoms with E-state index < -0.39 is 11.9 Å². The number of carbonyl (C=O) groups excluding carboxylic acids is 2. The van der Waals surface area contributed by atoms with Crippen molar-refractivity contribution >= 4 is 50.8 Å². The van der Waals surface area contributed by atoms with Crippen molar-refractivity contribution < 1.29 is 18.7 Å². The van der Waals surface area contributed by atoms with E-state index in [4.69, 9.17) is 20.8 Å². The third-order valence-corrected chi connectivity index (χ3v) is 6.12. The van der Waals surface area contributed by atoms with Gasteiger partial charge in [0.2, 0.25) is 0 Å². The molecule has 8 heteroatoms. The molecular weight excluding hydrogens is 450 g/mol. The number of rotatable bonds is 5. The highest BCUT2D eigenvalue weighted by molar-refractivity contribution is 7.15. The fourth-order valence-electron chi connectivity index (χ4n) is 3.24. The predicted octanol–water partition coefficient (Wildman–Crippen LogP) is 5.91. The lowest BCUT2D eigenvalue weighted by molar-refractivity contribution is 0.0529. The highest BCUT2D eigenvalue weighted by Gasteiger charge is 2.24. The number of benzene rings is 2. The molecule has 2 aromatic carbocycles. The molecule has 0 saturated carbocycles. The Bertz CT molecular complexity index is 1390. The Kier molecular flexibility index (Phi) is 6.12. The molecule has 0 saturated heterocycles. The summed E-state index contributed by atoms with van der Waals surface area (Å²) in [5.74, 6) is -1.37. The lowest BCUT2D eigenvalue weighted by Crippen LogP contribution is -2.16. The molecule has 0 aliphatic rings. The molecule has 0 radical (unpaired) electrons. The number of hydrogen-bond donors (Lipinski definition) is 1. The van der Waals surface area contributed by atoms with Crippen LogP contribution in [0.2, 0.25) is 5.02 Å². The predicted molar refractivity (Wildman–Crippen MR) is 126 cm³/mol. The number of nitrogens with one attached hydrogen (secondary N) is 1. The van der Waals surface area contributed by atoms with Gasteiger partial charge in [-0.1, -0.05) is 41.9 Å². The van der Waals surface area contributed by atoms with Gasteiger partial charge in [0.1, 0.15) is 16.1 Å². The number of carbonyl (C=O) groups is 2. The van der Waals surface area contributed by atoms with Crippen molar-refractivity contribution in [3.05, 3.63) is 86.0 Å². The van der Waals surface area contributed by atoms with Crippen molar-refractivity contribution in [2.45, 2.75) is 13.8 Å². The Morgan fingerprint density at radius 2 is 1.91 bits per heavy atom. The van der Waals surface area contributed by atoms with Gasteiger partial charge in [0.25, 0.3) is 5.91 Å². The van der Waals surface area contributed by atoms with Crippen molar-refractivity contribution in [1.29, 1.82) is 0 Å². The van der Waals surface area contributed by atoms with E-state index in [1.165, 1.54) is 17.4 Å². The van der Waals surface area contributed by atoms with E-state index in [1.54, 1.807) is 25.3 Å². The smallest absolute Gasteiger partial charge is 0.341 e. The van der Waals surface area contributed by atoms with Gasteiger partial charge >= 0.3 is 5.97 Å². The van der Waals surface area contributed by atoms with E-state index in [2.05, 4.69) is 5.32 Å². The first-order chi connectivity index (χ1) is 15.4. The van der Waals surface area contributed by atoms with Crippen molar-refractivity contribution in [3.63, 3.8) is 0 Å². The van der Waals surface area contributed by atoms with E-state index in [9.17, 15) is 14.4 Å². The maximum absolute atomic E-state index is 12.9. The molecule has 2 aromatic heterocycles. The highest BCUT2D eigenvalue weighted by atomic mass is 35.5. The minimum atomic E-state index is -0.649. The Morgan fingerprint density at radius 3 is 2.62 bits per heavy atom. The summed E-state index contributed by atoms with van der Waals surface area (Å²) in [6, 6.07) is 13.6. The Labute approximate surface area is 192 Å². The maximum atomic E-state index is 12.9. The minimum absolute atomic E-state index is 0.173. The second-order valence-corrected chi connectivity index (χ2v) is 8.25. The lowest BCUT2D eigenvalue weighted by atomic mass is 10.0. The van der Waals surface area contributed by atoms with Crippen molar-refractivity contribution in [3.8, 4) is 11.1 Å². The van der Waals surface area contributed by atoms with Crippen molar-refractivity contribution in [1.82, 2.24) is 0 Å². The summed E-state index contributed by atoms with van der Waals surface area (Å²) < 4.78 is 10.9. The average Bonchev–Trinajstić information content (AvgIpc) is 3.19. The third kappa shape index (κ3) is 4.17. The van der Waals surface area contributed by atoms with E-state index in [1.807, 2.05) is 30.3 Å². The molecule has 2 heterocycles. The Hall–Kier alpha value is -3.42. The zero-order chi connectivity index (χ0) is 22.8. The summed E-state index contributed by atoms with van der Waals surface area (Å²) in [5, 5.41) is 5.50. The van der Waals surface area contributed by atoms with Crippen LogP contribution in [0.4, 0.5) is 5.00 Å². The van der Waals surface area contributed by atoms with Crippen LogP contribution >= 0.6 is 22.9 Å². The van der Waals surface area contributed by atoms with Gasteiger partial charge in [0.15, 0.2) is 11.2 Å². The van der Waals surface area contributed by atoms with Gasteiger partial charge in [0, 0.05) is 22.0 Å². The first-order valence-corrected chi connectivity index (χ1v) is 11.0. The monoisotopic (exact) mass is 467 g/mol. The van der Waals surface area contributed by atoms with Crippen LogP contribution < -0.4 is 10.7 Å². The summed E-state index contributed by atoms with van der Waals surface area (Å²) in [7, 11) is 0. The van der Waals surface area contributed by atoms with Crippen LogP contribution in [-0.2, 0) is 4.74 Å². The number of esters is 1. The molecule has 1 amide bonds. The van der Waals surface area contributed by atoms with Gasteiger partial charge in [-0.25, -0.2) is 4.79 Å². The molecule has 162 valence electrons. The molecule has 0 spiro atoms. The molecule has 0 fully saturated rings. The number of thiophene rings is 1. The van der Waals surface area contributed by atoms with Crippen LogP contribution in [0.1, 0.15) is 33.4 Å². The van der Waals surface area contributed by atoms with Gasteiger partial charge < -0.3 is 14.5 Å². The SMILES string of the molecule is CCOC(=O)c1c(-c2ccccc2)csc1NC(=O)c1cc(=O)c2cc(Cl)c(C)cc2o1. The van der Waals surface area contributed by atoms with Gasteiger partial charge in [-0.05, 0) is 37.1 Å². The number of aryl methyl sites for hydroxylation is 1. The number of halogens is 1. The Morgan fingerprint density at radius 1 is 1.16 bits per heavy atom. The van der Waals surface area contributed by atoms with E-state index >= 15 is 0 Å². The lowest BCUT2D eigenvalue weighted by Gasteiger charge is -2.09. The van der Waals surface area contributed by atoms with Crippen LogP contribution in [-0.4, -0.2) is 18.5 Å². The largest absolute Gasteiger partial charge is 0.462 e. The molecular formula is C24H18ClNO5S. The molecule has 1 N–H and O–H groups in total.